The van der Waals surface area contributed by atoms with Crippen molar-refractivity contribution in [2.45, 2.75) is 6.54 Å². The molecular formula is C24H26N4O5S2. The molecule has 9 nitrogen and oxygen atoms in total. The number of morpholine rings is 1. The number of hydrogen-bond donors (Lipinski definition) is 3. The van der Waals surface area contributed by atoms with Gasteiger partial charge in [0.05, 0.1) is 35.6 Å². The number of rotatable bonds is 8. The number of ether oxygens (including phenoxy) is 1. The van der Waals surface area contributed by atoms with Gasteiger partial charge < -0.3 is 15.4 Å². The number of nitrogens with zero attached hydrogens (tertiary/aromatic N) is 1. The molecule has 0 radical (unpaired) electrons. The van der Waals surface area contributed by atoms with Crippen molar-refractivity contribution >= 4 is 50.2 Å². The zero-order valence-electron chi connectivity index (χ0n) is 19.1. The van der Waals surface area contributed by atoms with Crippen LogP contribution in [0.5, 0.6) is 0 Å². The molecule has 0 unspecified atom stereocenters. The van der Waals surface area contributed by atoms with E-state index in [0.29, 0.717) is 27.5 Å². The lowest BCUT2D eigenvalue weighted by molar-refractivity contribution is 0.0342. The molecule has 1 aliphatic heterocycles. The first-order valence-corrected chi connectivity index (χ1v) is 13.7. The molecule has 1 aromatic heterocycles. The highest BCUT2D eigenvalue weighted by atomic mass is 32.2. The van der Waals surface area contributed by atoms with Crippen LogP contribution < -0.4 is 15.4 Å². The number of hydrogen-bond acceptors (Lipinski definition) is 7. The Morgan fingerprint density at radius 3 is 2.34 bits per heavy atom. The lowest BCUT2D eigenvalue weighted by Crippen LogP contribution is -2.35. The monoisotopic (exact) mass is 514 g/mol. The smallest absolute Gasteiger partial charge is 0.265 e. The standard InChI is InChI=1S/C24H26N4O5S2/c1-35(31,32)27-21-4-2-3-20(14-21)26-24(30)22-13-18(16-34-22)23(29)25-19-7-5-17(6-8-19)15-28-9-11-33-12-10-28/h2-8,13-14,16,27H,9-12,15H2,1H3,(H,25,29)(H,26,30). The van der Waals surface area contributed by atoms with Gasteiger partial charge in [-0.1, -0.05) is 18.2 Å². The van der Waals surface area contributed by atoms with Gasteiger partial charge in [-0.05, 0) is 42.0 Å². The van der Waals surface area contributed by atoms with E-state index < -0.39 is 15.9 Å². The molecule has 2 heterocycles. The second kappa shape index (κ2) is 11.0. The zero-order chi connectivity index (χ0) is 24.8. The molecule has 1 aliphatic rings. The van der Waals surface area contributed by atoms with Gasteiger partial charge in [-0.2, -0.15) is 0 Å². The van der Waals surface area contributed by atoms with Gasteiger partial charge in [0.1, 0.15) is 0 Å². The van der Waals surface area contributed by atoms with Crippen LogP contribution in [0.25, 0.3) is 0 Å². The molecular weight excluding hydrogens is 488 g/mol. The summed E-state index contributed by atoms with van der Waals surface area (Å²) in [6.45, 7) is 4.17. The van der Waals surface area contributed by atoms with Crippen LogP contribution in [-0.4, -0.2) is 57.7 Å². The Hall–Kier alpha value is -3.25. The predicted molar refractivity (Wildman–Crippen MR) is 138 cm³/mol. The Morgan fingerprint density at radius 2 is 1.63 bits per heavy atom. The first-order chi connectivity index (χ1) is 16.7. The van der Waals surface area contributed by atoms with Crippen LogP contribution in [-0.2, 0) is 21.3 Å². The number of benzene rings is 2. The van der Waals surface area contributed by atoms with E-state index in [4.69, 9.17) is 4.74 Å². The Morgan fingerprint density at radius 1 is 0.943 bits per heavy atom. The molecule has 184 valence electrons. The quantitative estimate of drug-likeness (QED) is 0.424. The van der Waals surface area contributed by atoms with Gasteiger partial charge in [-0.15, -0.1) is 11.3 Å². The van der Waals surface area contributed by atoms with Gasteiger partial charge in [0.25, 0.3) is 11.8 Å². The highest BCUT2D eigenvalue weighted by Gasteiger charge is 2.15. The van der Waals surface area contributed by atoms with E-state index >= 15 is 0 Å². The molecule has 35 heavy (non-hydrogen) atoms. The minimum atomic E-state index is -3.43. The van der Waals surface area contributed by atoms with Crippen LogP contribution in [0.3, 0.4) is 0 Å². The molecule has 0 saturated carbocycles. The molecule has 0 aliphatic carbocycles. The maximum Gasteiger partial charge on any atom is 0.265 e. The lowest BCUT2D eigenvalue weighted by Gasteiger charge is -2.26. The molecule has 2 amide bonds. The van der Waals surface area contributed by atoms with Crippen LogP contribution in [0.2, 0.25) is 0 Å². The van der Waals surface area contributed by atoms with E-state index in [1.54, 1.807) is 23.6 Å². The van der Waals surface area contributed by atoms with E-state index in [1.807, 2.05) is 24.3 Å². The maximum absolute atomic E-state index is 12.7. The molecule has 1 fully saturated rings. The van der Waals surface area contributed by atoms with Gasteiger partial charge in [0.15, 0.2) is 0 Å². The SMILES string of the molecule is CS(=O)(=O)Nc1cccc(NC(=O)c2cc(C(=O)Nc3ccc(CN4CCOCC4)cc3)cs2)c1. The molecule has 0 atom stereocenters. The summed E-state index contributed by atoms with van der Waals surface area (Å²) in [5.41, 5.74) is 2.99. The van der Waals surface area contributed by atoms with Crippen molar-refractivity contribution in [3.05, 3.63) is 76.0 Å². The van der Waals surface area contributed by atoms with E-state index in [-0.39, 0.29) is 5.91 Å². The highest BCUT2D eigenvalue weighted by molar-refractivity contribution is 7.92. The second-order valence-corrected chi connectivity index (χ2v) is 10.8. The molecule has 0 spiro atoms. The van der Waals surface area contributed by atoms with Crippen molar-refractivity contribution in [1.82, 2.24) is 4.90 Å². The number of sulfonamides is 1. The minimum absolute atomic E-state index is 0.305. The summed E-state index contributed by atoms with van der Waals surface area (Å²) in [5.74, 6) is -0.696. The number of anilines is 3. The zero-order valence-corrected chi connectivity index (χ0v) is 20.7. The van der Waals surface area contributed by atoms with Crippen LogP contribution >= 0.6 is 11.3 Å². The summed E-state index contributed by atoms with van der Waals surface area (Å²) in [6, 6.07) is 15.6. The van der Waals surface area contributed by atoms with Crippen molar-refractivity contribution in [3.8, 4) is 0 Å². The van der Waals surface area contributed by atoms with E-state index in [2.05, 4.69) is 20.3 Å². The second-order valence-electron chi connectivity index (χ2n) is 8.15. The number of amides is 2. The van der Waals surface area contributed by atoms with Gasteiger partial charge in [-0.3, -0.25) is 19.2 Å². The number of carbonyl (C=O) groups is 2. The maximum atomic E-state index is 12.7. The number of thiophene rings is 1. The third kappa shape index (κ3) is 7.36. The van der Waals surface area contributed by atoms with Crippen molar-refractivity contribution in [2.75, 3.05) is 47.9 Å². The molecule has 2 aromatic carbocycles. The van der Waals surface area contributed by atoms with Crippen molar-refractivity contribution in [3.63, 3.8) is 0 Å². The average molecular weight is 515 g/mol. The van der Waals surface area contributed by atoms with Gasteiger partial charge >= 0.3 is 0 Å². The first kappa shape index (κ1) is 24.9. The summed E-state index contributed by atoms with van der Waals surface area (Å²) >= 11 is 1.15. The molecule has 11 heteroatoms. The molecule has 0 bridgehead atoms. The van der Waals surface area contributed by atoms with Gasteiger partial charge in [-0.25, -0.2) is 8.42 Å². The van der Waals surface area contributed by atoms with E-state index in [1.165, 1.54) is 12.1 Å². The largest absolute Gasteiger partial charge is 0.379 e. The Kier molecular flexibility index (Phi) is 7.81. The van der Waals surface area contributed by atoms with E-state index in [9.17, 15) is 18.0 Å². The molecule has 1 saturated heterocycles. The Bertz CT molecular complexity index is 1300. The summed E-state index contributed by atoms with van der Waals surface area (Å²) in [7, 11) is -3.43. The van der Waals surface area contributed by atoms with E-state index in [0.717, 1.165) is 56.0 Å². The summed E-state index contributed by atoms with van der Waals surface area (Å²) < 4.78 is 30.6. The van der Waals surface area contributed by atoms with Gasteiger partial charge in [0.2, 0.25) is 10.0 Å². The molecule has 3 aromatic rings. The third-order valence-corrected chi connectivity index (χ3v) is 6.77. The lowest BCUT2D eigenvalue weighted by atomic mass is 10.2. The fraction of sp³-hybridized carbons (Fsp3) is 0.250. The minimum Gasteiger partial charge on any atom is -0.379 e. The average Bonchev–Trinajstić information content (AvgIpc) is 3.31. The predicted octanol–water partition coefficient (Wildman–Crippen LogP) is 3.46. The highest BCUT2D eigenvalue weighted by Crippen LogP contribution is 2.21. The van der Waals surface area contributed by atoms with Crippen LogP contribution in [0, 0.1) is 0 Å². The normalized spacial score (nSPS) is 14.3. The van der Waals surface area contributed by atoms with Crippen LogP contribution in [0.15, 0.2) is 60.0 Å². The Labute approximate surface area is 208 Å². The summed E-state index contributed by atoms with van der Waals surface area (Å²) in [4.78, 5) is 28.0. The van der Waals surface area contributed by atoms with Crippen molar-refractivity contribution < 1.29 is 22.7 Å². The summed E-state index contributed by atoms with van der Waals surface area (Å²) in [6.07, 6.45) is 1.05. The number of carbonyl (C=O) groups excluding carboxylic acids is 2. The van der Waals surface area contributed by atoms with Crippen LogP contribution in [0.1, 0.15) is 25.6 Å². The molecule has 3 N–H and O–H groups in total. The Balaban J connectivity index is 1.33. The first-order valence-electron chi connectivity index (χ1n) is 10.9. The molecule has 4 rings (SSSR count). The van der Waals surface area contributed by atoms with Gasteiger partial charge in [0, 0.05) is 36.4 Å². The third-order valence-electron chi connectivity index (χ3n) is 5.23. The van der Waals surface area contributed by atoms with Crippen molar-refractivity contribution in [1.29, 1.82) is 0 Å². The topological polar surface area (TPSA) is 117 Å². The fourth-order valence-corrected chi connectivity index (χ4v) is 4.89. The fourth-order valence-electron chi connectivity index (χ4n) is 3.56. The summed E-state index contributed by atoms with van der Waals surface area (Å²) in [5, 5.41) is 7.20. The van der Waals surface area contributed by atoms with Crippen LogP contribution in [0.4, 0.5) is 17.1 Å². The number of nitrogens with one attached hydrogen (secondary N) is 3. The van der Waals surface area contributed by atoms with Crippen molar-refractivity contribution in [2.24, 2.45) is 0 Å².